The summed E-state index contributed by atoms with van der Waals surface area (Å²) in [6.07, 6.45) is 0.727. The van der Waals surface area contributed by atoms with Crippen LogP contribution in [0, 0.1) is 0 Å². The molecule has 4 nitrogen and oxygen atoms in total. The zero-order valence-corrected chi connectivity index (χ0v) is 13.7. The second kappa shape index (κ2) is 6.94. The van der Waals surface area contributed by atoms with Crippen molar-refractivity contribution in [2.45, 2.75) is 19.5 Å². The molecule has 1 heterocycles. The summed E-state index contributed by atoms with van der Waals surface area (Å²) < 4.78 is 2.21. The van der Waals surface area contributed by atoms with Crippen LogP contribution in [0.4, 0.5) is 0 Å². The van der Waals surface area contributed by atoms with Crippen LogP contribution in [0.1, 0.15) is 12.0 Å². The Morgan fingerprint density at radius 1 is 1.09 bits per heavy atom. The van der Waals surface area contributed by atoms with Crippen molar-refractivity contribution in [2.75, 3.05) is 20.7 Å². The van der Waals surface area contributed by atoms with Gasteiger partial charge in [0.1, 0.15) is 5.82 Å². The zero-order chi connectivity index (χ0) is 16.2. The van der Waals surface area contributed by atoms with E-state index in [0.29, 0.717) is 0 Å². The van der Waals surface area contributed by atoms with E-state index < -0.39 is 0 Å². The fourth-order valence-electron chi connectivity index (χ4n) is 2.92. The lowest BCUT2D eigenvalue weighted by molar-refractivity contribution is 0.281. The van der Waals surface area contributed by atoms with Crippen LogP contribution >= 0.6 is 0 Å². The molecule has 0 fully saturated rings. The molecule has 0 atom stereocenters. The molecule has 0 unspecified atom stereocenters. The van der Waals surface area contributed by atoms with Crippen molar-refractivity contribution in [3.8, 4) is 11.4 Å². The van der Waals surface area contributed by atoms with Gasteiger partial charge in [-0.15, -0.1) is 0 Å². The summed E-state index contributed by atoms with van der Waals surface area (Å²) in [6.45, 7) is 1.86. The number of nitrogens with zero attached hydrogens (tertiary/aromatic N) is 3. The highest BCUT2D eigenvalue weighted by molar-refractivity contribution is 5.80. The number of imidazole rings is 1. The number of rotatable bonds is 6. The lowest BCUT2D eigenvalue weighted by Gasteiger charge is -2.12. The molecular weight excluding hydrogens is 286 g/mol. The average Bonchev–Trinajstić information content (AvgIpc) is 2.91. The molecule has 1 N–H and O–H groups in total. The van der Waals surface area contributed by atoms with Gasteiger partial charge in [-0.3, -0.25) is 0 Å². The number of hydrogen-bond donors (Lipinski definition) is 1. The van der Waals surface area contributed by atoms with E-state index >= 15 is 0 Å². The third kappa shape index (κ3) is 3.44. The van der Waals surface area contributed by atoms with E-state index in [1.165, 1.54) is 5.56 Å². The highest BCUT2D eigenvalue weighted by Crippen LogP contribution is 2.26. The van der Waals surface area contributed by atoms with E-state index in [1.807, 2.05) is 18.2 Å². The first-order valence-electron chi connectivity index (χ1n) is 7.99. The minimum atomic E-state index is 0.187. The molecule has 2 aromatic carbocycles. The minimum Gasteiger partial charge on any atom is -0.396 e. The Bertz CT molecular complexity index is 792. The van der Waals surface area contributed by atoms with E-state index in [2.05, 4.69) is 53.9 Å². The van der Waals surface area contributed by atoms with Crippen LogP contribution in [0.5, 0.6) is 0 Å². The monoisotopic (exact) mass is 309 g/mol. The Labute approximate surface area is 137 Å². The van der Waals surface area contributed by atoms with E-state index in [-0.39, 0.29) is 6.61 Å². The quantitative estimate of drug-likeness (QED) is 0.760. The van der Waals surface area contributed by atoms with Gasteiger partial charge in [0.25, 0.3) is 0 Å². The van der Waals surface area contributed by atoms with Gasteiger partial charge in [-0.1, -0.05) is 30.3 Å². The number of aryl methyl sites for hydroxylation is 1. The maximum absolute atomic E-state index is 9.20. The summed E-state index contributed by atoms with van der Waals surface area (Å²) in [7, 11) is 4.15. The molecule has 3 aromatic rings. The van der Waals surface area contributed by atoms with Crippen molar-refractivity contribution in [3.63, 3.8) is 0 Å². The van der Waals surface area contributed by atoms with E-state index in [9.17, 15) is 5.11 Å². The third-order valence-corrected chi connectivity index (χ3v) is 3.88. The number of benzene rings is 2. The third-order valence-electron chi connectivity index (χ3n) is 3.88. The second-order valence-electron chi connectivity index (χ2n) is 6.09. The van der Waals surface area contributed by atoms with Crippen molar-refractivity contribution in [2.24, 2.45) is 0 Å². The predicted molar refractivity (Wildman–Crippen MR) is 94.3 cm³/mol. The standard InChI is InChI=1S/C19H23N3O/c1-21(2)14-15-7-5-8-16(13-15)19-20-17-9-3-4-10-18(17)22(19)11-6-12-23/h3-5,7-10,13,23H,6,11-12,14H2,1-2H3. The first kappa shape index (κ1) is 15.7. The van der Waals surface area contributed by atoms with Crippen molar-refractivity contribution in [1.29, 1.82) is 0 Å². The number of aliphatic hydroxyl groups is 1. The molecule has 0 amide bonds. The van der Waals surface area contributed by atoms with Gasteiger partial charge >= 0.3 is 0 Å². The van der Waals surface area contributed by atoms with Gasteiger partial charge in [0, 0.05) is 25.3 Å². The van der Waals surface area contributed by atoms with Crippen molar-refractivity contribution < 1.29 is 5.11 Å². The van der Waals surface area contributed by atoms with Gasteiger partial charge in [0.15, 0.2) is 0 Å². The van der Waals surface area contributed by atoms with Gasteiger partial charge in [-0.25, -0.2) is 4.98 Å². The van der Waals surface area contributed by atoms with Crippen LogP contribution in [0.3, 0.4) is 0 Å². The van der Waals surface area contributed by atoms with Gasteiger partial charge < -0.3 is 14.6 Å². The van der Waals surface area contributed by atoms with Crippen LogP contribution in [0.25, 0.3) is 22.4 Å². The molecule has 1 aromatic heterocycles. The molecule has 0 radical (unpaired) electrons. The summed E-state index contributed by atoms with van der Waals surface area (Å²) in [5.41, 5.74) is 4.51. The first-order chi connectivity index (χ1) is 11.2. The topological polar surface area (TPSA) is 41.3 Å². The number of fused-ring (bicyclic) bond motifs is 1. The van der Waals surface area contributed by atoms with E-state index in [1.54, 1.807) is 0 Å². The van der Waals surface area contributed by atoms with Crippen molar-refractivity contribution in [1.82, 2.24) is 14.5 Å². The second-order valence-corrected chi connectivity index (χ2v) is 6.09. The van der Waals surface area contributed by atoms with Crippen molar-refractivity contribution in [3.05, 3.63) is 54.1 Å². The average molecular weight is 309 g/mol. The minimum absolute atomic E-state index is 0.187. The van der Waals surface area contributed by atoms with E-state index in [4.69, 9.17) is 4.98 Å². The maximum atomic E-state index is 9.20. The Kier molecular flexibility index (Phi) is 4.74. The molecule has 0 spiro atoms. The Morgan fingerprint density at radius 2 is 1.91 bits per heavy atom. The Balaban J connectivity index is 2.07. The maximum Gasteiger partial charge on any atom is 0.141 e. The number of aliphatic hydroxyl groups excluding tert-OH is 1. The zero-order valence-electron chi connectivity index (χ0n) is 13.7. The lowest BCUT2D eigenvalue weighted by atomic mass is 10.1. The molecule has 3 rings (SSSR count). The fraction of sp³-hybridized carbons (Fsp3) is 0.316. The molecule has 0 aliphatic carbocycles. The van der Waals surface area contributed by atoms with Crippen LogP contribution in [0.2, 0.25) is 0 Å². The Hall–Kier alpha value is -2.17. The largest absolute Gasteiger partial charge is 0.396 e. The molecule has 0 bridgehead atoms. The predicted octanol–water partition coefficient (Wildman–Crippen LogP) is 3.15. The van der Waals surface area contributed by atoms with Gasteiger partial charge in [-0.05, 0) is 44.3 Å². The van der Waals surface area contributed by atoms with Gasteiger partial charge in [-0.2, -0.15) is 0 Å². The normalized spacial score (nSPS) is 11.5. The highest BCUT2D eigenvalue weighted by atomic mass is 16.3. The van der Waals surface area contributed by atoms with Crippen LogP contribution in [-0.4, -0.2) is 40.3 Å². The van der Waals surface area contributed by atoms with Gasteiger partial charge in [0.2, 0.25) is 0 Å². The molecule has 0 aliphatic heterocycles. The summed E-state index contributed by atoms with van der Waals surface area (Å²) >= 11 is 0. The number of aromatic nitrogens is 2. The van der Waals surface area contributed by atoms with Crippen LogP contribution < -0.4 is 0 Å². The lowest BCUT2D eigenvalue weighted by Crippen LogP contribution is -2.10. The van der Waals surface area contributed by atoms with Crippen LogP contribution in [0.15, 0.2) is 48.5 Å². The number of para-hydroxylation sites is 2. The van der Waals surface area contributed by atoms with E-state index in [0.717, 1.165) is 41.9 Å². The summed E-state index contributed by atoms with van der Waals surface area (Å²) in [6, 6.07) is 16.7. The molecule has 4 heteroatoms. The summed E-state index contributed by atoms with van der Waals surface area (Å²) in [5, 5.41) is 9.20. The molecule has 0 saturated heterocycles. The SMILES string of the molecule is CN(C)Cc1cccc(-c2nc3ccccc3n2CCCO)c1. The smallest absolute Gasteiger partial charge is 0.141 e. The molecular formula is C19H23N3O. The molecule has 0 saturated carbocycles. The van der Waals surface area contributed by atoms with Crippen LogP contribution in [-0.2, 0) is 13.1 Å². The first-order valence-corrected chi connectivity index (χ1v) is 7.99. The Morgan fingerprint density at radius 3 is 2.70 bits per heavy atom. The van der Waals surface area contributed by atoms with Gasteiger partial charge in [0.05, 0.1) is 11.0 Å². The number of hydrogen-bond acceptors (Lipinski definition) is 3. The van der Waals surface area contributed by atoms with Crippen molar-refractivity contribution >= 4 is 11.0 Å². The highest BCUT2D eigenvalue weighted by Gasteiger charge is 2.12. The molecule has 0 aliphatic rings. The summed E-state index contributed by atoms with van der Waals surface area (Å²) in [4.78, 5) is 6.98. The fourth-order valence-corrected chi connectivity index (χ4v) is 2.92. The molecule has 120 valence electrons. The molecule has 23 heavy (non-hydrogen) atoms. The summed E-state index contributed by atoms with van der Waals surface area (Å²) in [5.74, 6) is 0.972.